The van der Waals surface area contributed by atoms with E-state index in [1.54, 1.807) is 12.4 Å². The Morgan fingerprint density at radius 1 is 1.54 bits per heavy atom. The molecule has 13 heavy (non-hydrogen) atoms. The first-order valence-electron chi connectivity index (χ1n) is 4.25. The van der Waals surface area contributed by atoms with Crippen LogP contribution in [0.5, 0.6) is 0 Å². The van der Waals surface area contributed by atoms with Gasteiger partial charge in [0.25, 0.3) is 0 Å². The second-order valence-electron chi connectivity index (χ2n) is 2.81. The van der Waals surface area contributed by atoms with Crippen molar-refractivity contribution in [2.24, 2.45) is 5.73 Å². The zero-order chi connectivity index (χ0) is 9.68. The fraction of sp³-hybridized carbons (Fsp3) is 0.182. The molecule has 0 aliphatic rings. The molecule has 1 rings (SSSR count). The number of aromatic nitrogens is 1. The van der Waals surface area contributed by atoms with Gasteiger partial charge in [-0.3, -0.25) is 4.98 Å². The van der Waals surface area contributed by atoms with Crippen molar-refractivity contribution < 1.29 is 0 Å². The molecule has 0 aliphatic carbocycles. The summed E-state index contributed by atoms with van der Waals surface area (Å²) in [7, 11) is 0. The van der Waals surface area contributed by atoms with E-state index in [4.69, 9.17) is 5.73 Å². The molecule has 0 spiro atoms. The Morgan fingerprint density at radius 3 is 2.85 bits per heavy atom. The highest BCUT2D eigenvalue weighted by molar-refractivity contribution is 5.73. The van der Waals surface area contributed by atoms with Gasteiger partial charge in [-0.05, 0) is 37.1 Å². The molecule has 1 heterocycles. The van der Waals surface area contributed by atoms with Crippen LogP contribution >= 0.6 is 0 Å². The maximum atomic E-state index is 5.51. The van der Waals surface area contributed by atoms with E-state index in [1.165, 1.54) is 0 Å². The van der Waals surface area contributed by atoms with Crippen molar-refractivity contribution in [2.75, 3.05) is 0 Å². The normalized spacial score (nSPS) is 12.3. The molecule has 0 bridgehead atoms. The molecule has 2 nitrogen and oxygen atoms in total. The van der Waals surface area contributed by atoms with Crippen molar-refractivity contribution in [3.8, 4) is 0 Å². The third kappa shape index (κ3) is 2.44. The van der Waals surface area contributed by atoms with Crippen LogP contribution in [0.15, 0.2) is 36.7 Å². The molecule has 2 heteroatoms. The maximum absolute atomic E-state index is 5.51. The summed E-state index contributed by atoms with van der Waals surface area (Å²) >= 11 is 0. The van der Waals surface area contributed by atoms with Gasteiger partial charge in [-0.2, -0.15) is 0 Å². The first-order chi connectivity index (χ1) is 6.27. The van der Waals surface area contributed by atoms with Crippen LogP contribution in [0.2, 0.25) is 0 Å². The molecule has 0 unspecified atom stereocenters. The number of pyridine rings is 1. The number of nitrogens with zero attached hydrogens (tertiary/aromatic N) is 1. The number of nitrogens with two attached hydrogens (primary N) is 1. The lowest BCUT2D eigenvalue weighted by molar-refractivity contribution is 1.19. The summed E-state index contributed by atoms with van der Waals surface area (Å²) in [5, 5.41) is 0. The zero-order valence-electron chi connectivity index (χ0n) is 7.99. The van der Waals surface area contributed by atoms with E-state index in [0.717, 1.165) is 16.8 Å². The van der Waals surface area contributed by atoms with Crippen molar-refractivity contribution in [2.45, 2.75) is 13.8 Å². The van der Waals surface area contributed by atoms with Crippen molar-refractivity contribution >= 4 is 5.57 Å². The Labute approximate surface area is 78.8 Å². The van der Waals surface area contributed by atoms with Gasteiger partial charge in [0.2, 0.25) is 0 Å². The minimum Gasteiger partial charge on any atom is -0.404 e. The van der Waals surface area contributed by atoms with E-state index < -0.39 is 0 Å². The molecule has 0 radical (unpaired) electrons. The Bertz CT molecular complexity index is 338. The Balaban J connectivity index is 3.06. The molecule has 1 aromatic rings. The van der Waals surface area contributed by atoms with E-state index in [-0.39, 0.29) is 0 Å². The largest absolute Gasteiger partial charge is 0.404 e. The van der Waals surface area contributed by atoms with Crippen LogP contribution in [0.3, 0.4) is 0 Å². The van der Waals surface area contributed by atoms with E-state index in [1.807, 2.05) is 38.1 Å². The number of hydrogen-bond donors (Lipinski definition) is 1. The van der Waals surface area contributed by atoms with Gasteiger partial charge in [0.15, 0.2) is 0 Å². The molecule has 68 valence electrons. The second-order valence-corrected chi connectivity index (χ2v) is 2.81. The third-order valence-electron chi connectivity index (χ3n) is 1.76. The fourth-order valence-corrected chi connectivity index (χ4v) is 1.15. The average molecular weight is 174 g/mol. The maximum Gasteiger partial charge on any atom is 0.0378 e. The van der Waals surface area contributed by atoms with Crippen LogP contribution in [0.25, 0.3) is 5.57 Å². The lowest BCUT2D eigenvalue weighted by Gasteiger charge is -2.01. The van der Waals surface area contributed by atoms with E-state index >= 15 is 0 Å². The van der Waals surface area contributed by atoms with Crippen molar-refractivity contribution in [3.05, 3.63) is 47.9 Å². The predicted octanol–water partition coefficient (Wildman–Crippen LogP) is 2.27. The monoisotopic (exact) mass is 174 g/mol. The first kappa shape index (κ1) is 9.52. The topological polar surface area (TPSA) is 38.9 Å². The van der Waals surface area contributed by atoms with Gasteiger partial charge in [0.1, 0.15) is 0 Å². The summed E-state index contributed by atoms with van der Waals surface area (Å²) < 4.78 is 0. The summed E-state index contributed by atoms with van der Waals surface area (Å²) in [4.78, 5) is 4.12. The first-order valence-corrected chi connectivity index (χ1v) is 4.25. The van der Waals surface area contributed by atoms with Gasteiger partial charge in [-0.15, -0.1) is 0 Å². The molecule has 0 fully saturated rings. The van der Waals surface area contributed by atoms with Gasteiger partial charge in [-0.1, -0.05) is 12.2 Å². The second kappa shape index (κ2) is 4.45. The molecule has 0 amide bonds. The summed E-state index contributed by atoms with van der Waals surface area (Å²) in [5.74, 6) is 0. The van der Waals surface area contributed by atoms with E-state index in [9.17, 15) is 0 Å². The van der Waals surface area contributed by atoms with Gasteiger partial charge in [0.05, 0.1) is 0 Å². The lowest BCUT2D eigenvalue weighted by atomic mass is 10.1. The Morgan fingerprint density at radius 2 is 2.31 bits per heavy atom. The minimum absolute atomic E-state index is 1.00. The van der Waals surface area contributed by atoms with Crippen LogP contribution < -0.4 is 5.73 Å². The van der Waals surface area contributed by atoms with Crippen molar-refractivity contribution in [3.63, 3.8) is 0 Å². The molecule has 2 N–H and O–H groups in total. The quantitative estimate of drug-likeness (QED) is 0.698. The van der Waals surface area contributed by atoms with Gasteiger partial charge in [-0.25, -0.2) is 0 Å². The number of hydrogen-bond acceptors (Lipinski definition) is 2. The predicted molar refractivity (Wildman–Crippen MR) is 56.0 cm³/mol. The summed E-state index contributed by atoms with van der Waals surface area (Å²) in [6.45, 7) is 3.94. The fourth-order valence-electron chi connectivity index (χ4n) is 1.15. The smallest absolute Gasteiger partial charge is 0.0378 e. The van der Waals surface area contributed by atoms with Crippen LogP contribution in [0, 0.1) is 6.92 Å². The van der Waals surface area contributed by atoms with Crippen molar-refractivity contribution in [1.82, 2.24) is 4.98 Å². The van der Waals surface area contributed by atoms with E-state index in [0.29, 0.717) is 0 Å². The minimum atomic E-state index is 1.00. The summed E-state index contributed by atoms with van der Waals surface area (Å²) in [6, 6.07) is 3.96. The Kier molecular flexibility index (Phi) is 3.26. The molecular weight excluding hydrogens is 160 g/mol. The molecule has 0 aliphatic heterocycles. The third-order valence-corrected chi connectivity index (χ3v) is 1.76. The number of allylic oxidation sites excluding steroid dienone is 3. The van der Waals surface area contributed by atoms with Crippen LogP contribution in [0.1, 0.15) is 18.2 Å². The zero-order valence-corrected chi connectivity index (χ0v) is 7.99. The van der Waals surface area contributed by atoms with Gasteiger partial charge in [0, 0.05) is 18.1 Å². The molecule has 0 saturated carbocycles. The molecule has 0 atom stereocenters. The standard InChI is InChI=1S/C11H14N2/c1-3-4-11(8-12)10-5-6-13-9(2)7-10/h3-8H,12H2,1-2H3/b4-3-,11-8+. The molecule has 0 aromatic carbocycles. The summed E-state index contributed by atoms with van der Waals surface area (Å²) in [5.41, 5.74) is 8.63. The van der Waals surface area contributed by atoms with Crippen LogP contribution in [0.4, 0.5) is 0 Å². The van der Waals surface area contributed by atoms with Crippen LogP contribution in [-0.2, 0) is 0 Å². The molecular formula is C11H14N2. The average Bonchev–Trinajstić information content (AvgIpc) is 2.14. The Hall–Kier alpha value is -1.57. The molecule has 1 aromatic heterocycles. The van der Waals surface area contributed by atoms with E-state index in [2.05, 4.69) is 4.98 Å². The highest BCUT2D eigenvalue weighted by Crippen LogP contribution is 2.14. The van der Waals surface area contributed by atoms with Crippen LogP contribution in [-0.4, -0.2) is 4.98 Å². The van der Waals surface area contributed by atoms with Gasteiger partial charge < -0.3 is 5.73 Å². The SMILES string of the molecule is C/C=C\C(=C/N)c1ccnc(C)c1. The lowest BCUT2D eigenvalue weighted by Crippen LogP contribution is -1.89. The molecule has 0 saturated heterocycles. The highest BCUT2D eigenvalue weighted by Gasteiger charge is 1.96. The van der Waals surface area contributed by atoms with Gasteiger partial charge >= 0.3 is 0 Å². The number of aryl methyl sites for hydroxylation is 1. The number of rotatable bonds is 2. The van der Waals surface area contributed by atoms with Crippen molar-refractivity contribution in [1.29, 1.82) is 0 Å². The highest BCUT2D eigenvalue weighted by atomic mass is 14.6. The summed E-state index contributed by atoms with van der Waals surface area (Å²) in [6.07, 6.45) is 7.34.